The highest BCUT2D eigenvalue weighted by Gasteiger charge is 2.25. The van der Waals surface area contributed by atoms with Gasteiger partial charge in [0.1, 0.15) is 17.0 Å². The summed E-state index contributed by atoms with van der Waals surface area (Å²) in [4.78, 5) is 17.6. The zero-order valence-electron chi connectivity index (χ0n) is 16.4. The van der Waals surface area contributed by atoms with Crippen LogP contribution >= 0.6 is 34.5 Å². The van der Waals surface area contributed by atoms with Crippen LogP contribution in [0.3, 0.4) is 0 Å². The molecule has 1 N–H and O–H groups in total. The molecule has 0 unspecified atom stereocenters. The van der Waals surface area contributed by atoms with E-state index in [2.05, 4.69) is 21.5 Å². The third kappa shape index (κ3) is 3.86. The van der Waals surface area contributed by atoms with Gasteiger partial charge in [-0.1, -0.05) is 58.2 Å². The Bertz CT molecular complexity index is 1240. The van der Waals surface area contributed by atoms with Crippen molar-refractivity contribution < 1.29 is 9.32 Å². The second-order valence-electron chi connectivity index (χ2n) is 6.87. The van der Waals surface area contributed by atoms with E-state index in [1.807, 2.05) is 31.4 Å². The fourth-order valence-electron chi connectivity index (χ4n) is 3.25. The molecule has 0 spiro atoms. The van der Waals surface area contributed by atoms with Crippen LogP contribution in [0.1, 0.15) is 27.2 Å². The van der Waals surface area contributed by atoms with Gasteiger partial charge in [-0.05, 0) is 38.5 Å². The Morgan fingerprint density at radius 2 is 1.83 bits per heavy atom. The number of carbonyl (C=O) groups is 1. The van der Waals surface area contributed by atoms with Crippen molar-refractivity contribution in [2.75, 3.05) is 5.32 Å². The molecular formula is C22H17Cl2N3O2S. The summed E-state index contributed by atoms with van der Waals surface area (Å²) in [5.41, 5.74) is 5.18. The molecule has 152 valence electrons. The first kappa shape index (κ1) is 20.6. The molecule has 4 aromatic rings. The predicted octanol–water partition coefficient (Wildman–Crippen LogP) is 6.95. The standard InChI is InChI=1S/C22H17Cl2N3O2S/c1-11-7-8-14(12(2)9-11)17-10-30-22(25-17)26-21(28)18-13(3)29-27-20(18)19-15(23)5-4-6-16(19)24/h4-10H,1-3H3,(H,25,26,28). The topological polar surface area (TPSA) is 68.0 Å². The molecule has 2 heterocycles. The molecule has 0 radical (unpaired) electrons. The number of hydrogen-bond acceptors (Lipinski definition) is 5. The van der Waals surface area contributed by atoms with Gasteiger partial charge in [-0.3, -0.25) is 10.1 Å². The summed E-state index contributed by atoms with van der Waals surface area (Å²) in [7, 11) is 0. The Morgan fingerprint density at radius 3 is 2.53 bits per heavy atom. The van der Waals surface area contributed by atoms with Crippen LogP contribution in [-0.4, -0.2) is 16.0 Å². The maximum Gasteiger partial charge on any atom is 0.263 e. The minimum absolute atomic E-state index is 0.272. The molecule has 0 aliphatic carbocycles. The predicted molar refractivity (Wildman–Crippen MR) is 122 cm³/mol. The lowest BCUT2D eigenvalue weighted by Crippen LogP contribution is -2.13. The lowest BCUT2D eigenvalue weighted by atomic mass is 10.0. The van der Waals surface area contributed by atoms with Gasteiger partial charge in [0, 0.05) is 16.5 Å². The van der Waals surface area contributed by atoms with Gasteiger partial charge in [0.05, 0.1) is 15.7 Å². The second kappa shape index (κ2) is 8.22. The molecule has 1 amide bonds. The van der Waals surface area contributed by atoms with Crippen molar-refractivity contribution in [3.63, 3.8) is 0 Å². The van der Waals surface area contributed by atoms with Gasteiger partial charge in [-0.15, -0.1) is 11.3 Å². The Morgan fingerprint density at radius 1 is 1.10 bits per heavy atom. The minimum Gasteiger partial charge on any atom is -0.360 e. The number of anilines is 1. The van der Waals surface area contributed by atoms with Crippen LogP contribution in [-0.2, 0) is 0 Å². The lowest BCUT2D eigenvalue weighted by Gasteiger charge is -2.06. The van der Waals surface area contributed by atoms with E-state index in [1.165, 1.54) is 16.9 Å². The van der Waals surface area contributed by atoms with Crippen molar-refractivity contribution in [3.8, 4) is 22.5 Å². The van der Waals surface area contributed by atoms with Crippen LogP contribution in [0.5, 0.6) is 0 Å². The summed E-state index contributed by atoms with van der Waals surface area (Å²) in [6, 6.07) is 11.3. The van der Waals surface area contributed by atoms with E-state index in [9.17, 15) is 4.79 Å². The molecule has 0 saturated carbocycles. The van der Waals surface area contributed by atoms with E-state index in [1.54, 1.807) is 25.1 Å². The van der Waals surface area contributed by atoms with Crippen LogP contribution in [0.2, 0.25) is 10.0 Å². The van der Waals surface area contributed by atoms with E-state index in [4.69, 9.17) is 27.7 Å². The van der Waals surface area contributed by atoms with E-state index >= 15 is 0 Å². The number of benzene rings is 2. The number of thiazole rings is 1. The largest absolute Gasteiger partial charge is 0.360 e. The zero-order valence-corrected chi connectivity index (χ0v) is 18.7. The molecule has 2 aromatic carbocycles. The van der Waals surface area contributed by atoms with Gasteiger partial charge in [0.2, 0.25) is 0 Å². The summed E-state index contributed by atoms with van der Waals surface area (Å²) in [6.45, 7) is 5.76. The Hall–Kier alpha value is -2.67. The molecule has 0 saturated heterocycles. The highest BCUT2D eigenvalue weighted by molar-refractivity contribution is 7.14. The van der Waals surface area contributed by atoms with Gasteiger partial charge < -0.3 is 4.52 Å². The number of rotatable bonds is 4. The van der Waals surface area contributed by atoms with Crippen molar-refractivity contribution in [2.45, 2.75) is 20.8 Å². The Labute approximate surface area is 187 Å². The number of hydrogen-bond donors (Lipinski definition) is 1. The molecule has 4 rings (SSSR count). The number of nitrogens with zero attached hydrogens (tertiary/aromatic N) is 2. The summed E-state index contributed by atoms with van der Waals surface area (Å²) in [5, 5.41) is 10.0. The van der Waals surface area contributed by atoms with E-state index < -0.39 is 0 Å². The van der Waals surface area contributed by atoms with E-state index in [0.717, 1.165) is 16.8 Å². The van der Waals surface area contributed by atoms with Gasteiger partial charge in [0.15, 0.2) is 5.13 Å². The second-order valence-corrected chi connectivity index (χ2v) is 8.54. The van der Waals surface area contributed by atoms with Crippen molar-refractivity contribution in [1.29, 1.82) is 0 Å². The Kier molecular flexibility index (Phi) is 5.64. The summed E-state index contributed by atoms with van der Waals surface area (Å²) >= 11 is 13.9. The number of amides is 1. The van der Waals surface area contributed by atoms with Crippen LogP contribution in [0.15, 0.2) is 46.3 Å². The first-order valence-corrected chi connectivity index (χ1v) is 10.7. The summed E-state index contributed by atoms with van der Waals surface area (Å²) in [6.07, 6.45) is 0. The maximum atomic E-state index is 13.0. The molecule has 2 aromatic heterocycles. The number of halogens is 2. The number of nitrogens with one attached hydrogen (secondary N) is 1. The lowest BCUT2D eigenvalue weighted by molar-refractivity contribution is 0.102. The molecule has 0 atom stereocenters. The normalized spacial score (nSPS) is 11.0. The molecule has 5 nitrogen and oxygen atoms in total. The molecule has 0 aliphatic rings. The summed E-state index contributed by atoms with van der Waals surface area (Å²) < 4.78 is 5.28. The first-order valence-electron chi connectivity index (χ1n) is 9.10. The van der Waals surface area contributed by atoms with Crippen molar-refractivity contribution in [1.82, 2.24) is 10.1 Å². The van der Waals surface area contributed by atoms with Gasteiger partial charge in [-0.2, -0.15) is 0 Å². The average molecular weight is 458 g/mol. The third-order valence-corrected chi connectivity index (χ3v) is 6.06. The zero-order chi connectivity index (χ0) is 21.4. The number of aromatic nitrogens is 2. The van der Waals surface area contributed by atoms with Gasteiger partial charge in [0.25, 0.3) is 5.91 Å². The highest BCUT2D eigenvalue weighted by atomic mass is 35.5. The Balaban J connectivity index is 1.65. The van der Waals surface area contributed by atoms with Gasteiger partial charge in [-0.25, -0.2) is 4.98 Å². The minimum atomic E-state index is -0.388. The number of carbonyl (C=O) groups excluding carboxylic acids is 1. The molecule has 0 aliphatic heterocycles. The molecule has 0 fully saturated rings. The molecular weight excluding hydrogens is 441 g/mol. The number of aryl methyl sites for hydroxylation is 3. The smallest absolute Gasteiger partial charge is 0.263 e. The quantitative estimate of drug-likeness (QED) is 0.359. The van der Waals surface area contributed by atoms with Crippen LogP contribution in [0.25, 0.3) is 22.5 Å². The van der Waals surface area contributed by atoms with Crippen LogP contribution < -0.4 is 5.32 Å². The first-order chi connectivity index (χ1) is 14.3. The average Bonchev–Trinajstić information content (AvgIpc) is 3.28. The van der Waals surface area contributed by atoms with Crippen molar-refractivity contribution >= 4 is 45.6 Å². The van der Waals surface area contributed by atoms with Crippen LogP contribution in [0, 0.1) is 20.8 Å². The monoisotopic (exact) mass is 457 g/mol. The maximum absolute atomic E-state index is 13.0. The van der Waals surface area contributed by atoms with Gasteiger partial charge >= 0.3 is 0 Å². The van der Waals surface area contributed by atoms with Crippen LogP contribution in [0.4, 0.5) is 5.13 Å². The molecule has 0 bridgehead atoms. The summed E-state index contributed by atoms with van der Waals surface area (Å²) in [5.74, 6) is -0.0223. The SMILES string of the molecule is Cc1ccc(-c2csc(NC(=O)c3c(-c4c(Cl)cccc4Cl)noc3C)n2)c(C)c1. The van der Waals surface area contributed by atoms with Crippen molar-refractivity contribution in [2.24, 2.45) is 0 Å². The molecule has 8 heteroatoms. The van der Waals surface area contributed by atoms with Crippen molar-refractivity contribution in [3.05, 3.63) is 74.3 Å². The third-order valence-electron chi connectivity index (χ3n) is 4.67. The fourth-order valence-corrected chi connectivity index (χ4v) is 4.53. The van der Waals surface area contributed by atoms with E-state index in [-0.39, 0.29) is 11.5 Å². The highest BCUT2D eigenvalue weighted by Crippen LogP contribution is 2.37. The van der Waals surface area contributed by atoms with E-state index in [0.29, 0.717) is 32.2 Å². The fraction of sp³-hybridized carbons (Fsp3) is 0.136. The molecule has 30 heavy (non-hydrogen) atoms.